The Morgan fingerprint density at radius 1 is 0.264 bits per heavy atom. The molecule has 3 N–H and O–H groups in total. The predicted molar refractivity (Wildman–Crippen MR) is 454 cm³/mol. The van der Waals surface area contributed by atoms with Gasteiger partial charge in [0.2, 0.25) is 0 Å². The van der Waals surface area contributed by atoms with Crippen LogP contribution in [0.15, 0.2) is 146 Å². The van der Waals surface area contributed by atoms with Gasteiger partial charge in [0, 0.05) is 25.7 Å². The first-order valence-corrected chi connectivity index (χ1v) is 46.1. The largest absolute Gasteiger partial charge is 0.472 e. The van der Waals surface area contributed by atoms with Crippen molar-refractivity contribution in [2.45, 2.75) is 367 Å². The number of aliphatic hydroxyl groups excluding tert-OH is 1. The molecule has 0 rings (SSSR count). The maximum Gasteiger partial charge on any atom is 0.472 e. The monoisotopic (exact) mass is 1580 g/mol. The Hall–Kier alpha value is -5.06. The number of allylic oxidation sites excluding steroid dienone is 24. The van der Waals surface area contributed by atoms with E-state index in [1.54, 1.807) is 0 Å². The first-order valence-electron chi connectivity index (χ1n) is 43.1. The lowest BCUT2D eigenvalue weighted by Crippen LogP contribution is -2.30. The SMILES string of the molecule is CC/C=C\C/C=C\C/C=C\C/C=C\CCCCCCCCC(=O)OCC(COP(=O)(O)OCC(O)COP(=O)(O)OCC(COC(=O)CCCCCCCC/C=C\C/C=C\C/C=C\CCCCC)OC(=O)CCCCCCC/C=C\C/C=C\CCC)OC(=O)CCCCCCCC/C=C\C/C=C\C/C=C\CCCCC. The molecule has 0 fully saturated rings. The van der Waals surface area contributed by atoms with Gasteiger partial charge < -0.3 is 33.8 Å². The van der Waals surface area contributed by atoms with Crippen LogP contribution in [-0.4, -0.2) is 96.7 Å². The predicted octanol–water partition coefficient (Wildman–Crippen LogP) is 25.8. The number of phosphoric ester groups is 2. The van der Waals surface area contributed by atoms with E-state index < -0.39 is 97.5 Å². The van der Waals surface area contributed by atoms with Crippen molar-refractivity contribution >= 4 is 39.5 Å². The number of unbranched alkanes of at least 4 members (excludes halogenated alkanes) is 30. The molecular formula is C91H154O17P2. The molecule has 630 valence electrons. The van der Waals surface area contributed by atoms with Gasteiger partial charge >= 0.3 is 39.5 Å². The zero-order chi connectivity index (χ0) is 80.3. The average molecular weight is 1580 g/mol. The number of hydrogen-bond acceptors (Lipinski definition) is 15. The second-order valence-electron chi connectivity index (χ2n) is 28.4. The summed E-state index contributed by atoms with van der Waals surface area (Å²) >= 11 is 0. The van der Waals surface area contributed by atoms with Crippen molar-refractivity contribution in [1.29, 1.82) is 0 Å². The van der Waals surface area contributed by atoms with Gasteiger partial charge in [-0.15, -0.1) is 0 Å². The molecule has 19 heteroatoms. The molecule has 5 atom stereocenters. The van der Waals surface area contributed by atoms with Gasteiger partial charge in [-0.3, -0.25) is 37.3 Å². The second-order valence-corrected chi connectivity index (χ2v) is 31.3. The van der Waals surface area contributed by atoms with Gasteiger partial charge in [-0.1, -0.05) is 302 Å². The molecule has 0 aliphatic carbocycles. The highest BCUT2D eigenvalue weighted by molar-refractivity contribution is 7.47. The quantitative estimate of drug-likeness (QED) is 0.0169. The van der Waals surface area contributed by atoms with Crippen molar-refractivity contribution in [2.75, 3.05) is 39.6 Å². The van der Waals surface area contributed by atoms with Crippen molar-refractivity contribution in [2.24, 2.45) is 0 Å². The Morgan fingerprint density at radius 2 is 0.491 bits per heavy atom. The molecule has 0 aliphatic rings. The summed E-state index contributed by atoms with van der Waals surface area (Å²) in [6, 6.07) is 0. The van der Waals surface area contributed by atoms with Crippen LogP contribution in [0.3, 0.4) is 0 Å². The molecule has 0 radical (unpaired) electrons. The van der Waals surface area contributed by atoms with Gasteiger partial charge in [0.1, 0.15) is 19.3 Å². The zero-order valence-corrected chi connectivity index (χ0v) is 70.9. The highest BCUT2D eigenvalue weighted by atomic mass is 31.2. The lowest BCUT2D eigenvalue weighted by molar-refractivity contribution is -0.161. The van der Waals surface area contributed by atoms with E-state index >= 15 is 0 Å². The molecule has 0 bridgehead atoms. The lowest BCUT2D eigenvalue weighted by Gasteiger charge is -2.21. The number of carbonyl (C=O) groups excluding carboxylic acids is 4. The van der Waals surface area contributed by atoms with E-state index in [9.17, 15) is 43.2 Å². The topological polar surface area (TPSA) is 237 Å². The fraction of sp³-hybridized carbons (Fsp3) is 0.692. The fourth-order valence-corrected chi connectivity index (χ4v) is 12.8. The molecule has 0 spiro atoms. The molecule has 0 heterocycles. The summed E-state index contributed by atoms with van der Waals surface area (Å²) < 4.78 is 68.8. The van der Waals surface area contributed by atoms with Crippen LogP contribution < -0.4 is 0 Å². The van der Waals surface area contributed by atoms with E-state index in [-0.39, 0.29) is 25.7 Å². The molecular weight excluding hydrogens is 1430 g/mol. The Labute approximate surface area is 668 Å². The number of carbonyl (C=O) groups is 4. The van der Waals surface area contributed by atoms with Crippen molar-refractivity contribution in [3.05, 3.63) is 146 Å². The van der Waals surface area contributed by atoms with Crippen LogP contribution in [0.4, 0.5) is 0 Å². The van der Waals surface area contributed by atoms with Gasteiger partial charge in [0.25, 0.3) is 0 Å². The van der Waals surface area contributed by atoms with Crippen molar-refractivity contribution in [1.82, 2.24) is 0 Å². The van der Waals surface area contributed by atoms with E-state index in [2.05, 4.69) is 174 Å². The third-order valence-electron chi connectivity index (χ3n) is 17.7. The maximum atomic E-state index is 13.2. The Balaban J connectivity index is 5.40. The number of hydrogen-bond donors (Lipinski definition) is 3. The van der Waals surface area contributed by atoms with Crippen molar-refractivity contribution in [3.8, 4) is 0 Å². The smallest absolute Gasteiger partial charge is 0.462 e. The van der Waals surface area contributed by atoms with Gasteiger partial charge in [0.05, 0.1) is 26.4 Å². The molecule has 0 amide bonds. The summed E-state index contributed by atoms with van der Waals surface area (Å²) in [6.07, 6.45) is 95.1. The number of esters is 4. The normalized spacial score (nSPS) is 14.5. The van der Waals surface area contributed by atoms with Crippen LogP contribution >= 0.6 is 15.6 Å². The first kappa shape index (κ1) is 105. The van der Waals surface area contributed by atoms with E-state index in [4.69, 9.17) is 37.0 Å². The standard InChI is InChI=1S/C91H154O17P2/c1-5-9-13-17-21-25-29-33-36-39-42-45-48-52-55-59-63-67-71-75-88(93)101-81-86(107-90(95)77-73-69-65-61-57-51-32-28-24-20-16-12-8-4)83-105-109(97,98)103-79-85(92)80-104-110(99,100)106-84-87(108-91(96)78-74-70-66-62-58-54-50-47-44-41-38-35-31-27-23-19-15-11-7-3)82-102-89(94)76-72-68-64-60-56-53-49-46-43-40-37-34-30-26-22-18-14-10-6-2/h10,14,16,20-23,25-28,32-38,42-47,85-87,92H,5-9,11-13,15,17-19,24,29-31,39-41,48-84H2,1-4H3,(H,97,98)(H,99,100)/b14-10-,20-16-,25-21-,26-22-,27-23-,32-28-,36-33-,37-34-,38-35-,45-42-,46-43-,47-44-. The van der Waals surface area contributed by atoms with Gasteiger partial charge in [0.15, 0.2) is 12.2 Å². The molecule has 0 saturated carbocycles. The summed E-state index contributed by atoms with van der Waals surface area (Å²) in [6.45, 7) is 4.62. The molecule has 5 unspecified atom stereocenters. The Morgan fingerprint density at radius 3 is 0.764 bits per heavy atom. The minimum absolute atomic E-state index is 0.0722. The van der Waals surface area contributed by atoms with Crippen LogP contribution in [0.2, 0.25) is 0 Å². The van der Waals surface area contributed by atoms with E-state index in [0.717, 1.165) is 231 Å². The van der Waals surface area contributed by atoms with Crippen molar-refractivity contribution < 1.29 is 80.2 Å². The summed E-state index contributed by atoms with van der Waals surface area (Å²) in [5, 5.41) is 10.7. The summed E-state index contributed by atoms with van der Waals surface area (Å²) in [5.41, 5.74) is 0. The number of phosphoric acid groups is 2. The van der Waals surface area contributed by atoms with Gasteiger partial charge in [-0.25, -0.2) is 9.13 Å². The summed E-state index contributed by atoms with van der Waals surface area (Å²) in [4.78, 5) is 73.3. The van der Waals surface area contributed by atoms with Crippen LogP contribution in [0.5, 0.6) is 0 Å². The van der Waals surface area contributed by atoms with E-state index in [0.29, 0.717) is 25.7 Å². The first-order chi connectivity index (χ1) is 53.7. The lowest BCUT2D eigenvalue weighted by atomic mass is 10.1. The third-order valence-corrected chi connectivity index (χ3v) is 19.6. The maximum absolute atomic E-state index is 13.2. The van der Waals surface area contributed by atoms with Crippen LogP contribution in [-0.2, 0) is 65.4 Å². The van der Waals surface area contributed by atoms with Crippen LogP contribution in [0, 0.1) is 0 Å². The second kappa shape index (κ2) is 81.9. The molecule has 110 heavy (non-hydrogen) atoms. The van der Waals surface area contributed by atoms with Crippen LogP contribution in [0.1, 0.15) is 349 Å². The molecule has 17 nitrogen and oxygen atoms in total. The number of ether oxygens (including phenoxy) is 4. The number of aliphatic hydroxyl groups is 1. The van der Waals surface area contributed by atoms with Crippen molar-refractivity contribution in [3.63, 3.8) is 0 Å². The summed E-state index contributed by atoms with van der Waals surface area (Å²) in [5.74, 6) is -2.23. The number of rotatable bonds is 80. The van der Waals surface area contributed by atoms with E-state index in [1.807, 2.05) is 0 Å². The molecule has 0 saturated heterocycles. The fourth-order valence-electron chi connectivity index (χ4n) is 11.2. The zero-order valence-electron chi connectivity index (χ0n) is 69.1. The molecule has 0 aromatic rings. The molecule has 0 aliphatic heterocycles. The highest BCUT2D eigenvalue weighted by Gasteiger charge is 2.30. The van der Waals surface area contributed by atoms with Gasteiger partial charge in [-0.05, 0) is 167 Å². The Kier molecular flexibility index (Phi) is 78.2. The van der Waals surface area contributed by atoms with E-state index in [1.165, 1.54) is 38.5 Å². The highest BCUT2D eigenvalue weighted by Crippen LogP contribution is 2.45. The Bertz CT molecular complexity index is 2650. The third kappa shape index (κ3) is 81.0. The minimum atomic E-state index is -5.00. The molecule has 0 aromatic carbocycles. The van der Waals surface area contributed by atoms with Gasteiger partial charge in [-0.2, -0.15) is 0 Å². The minimum Gasteiger partial charge on any atom is -0.462 e. The average Bonchev–Trinajstić information content (AvgIpc) is 0.900. The van der Waals surface area contributed by atoms with Crippen LogP contribution in [0.25, 0.3) is 0 Å². The molecule has 0 aromatic heterocycles. The summed E-state index contributed by atoms with van der Waals surface area (Å²) in [7, 11) is -9.99.